The van der Waals surface area contributed by atoms with E-state index in [9.17, 15) is 19.6 Å². The van der Waals surface area contributed by atoms with Crippen LogP contribution < -0.4 is 10.6 Å². The van der Waals surface area contributed by atoms with Gasteiger partial charge in [0.1, 0.15) is 5.54 Å². The summed E-state index contributed by atoms with van der Waals surface area (Å²) in [5.41, 5.74) is 6.26. The van der Waals surface area contributed by atoms with E-state index in [1.54, 1.807) is 36.2 Å². The molecule has 1 aliphatic carbocycles. The first-order chi connectivity index (χ1) is 17.1. The highest BCUT2D eigenvalue weighted by Gasteiger charge is 2.65. The molecular formula is C26H25Cl2N5O3. The summed E-state index contributed by atoms with van der Waals surface area (Å²) in [5, 5.41) is 9.83. The fourth-order valence-corrected chi connectivity index (χ4v) is 6.39. The Kier molecular flexibility index (Phi) is 6.19. The number of nitrogens with two attached hydrogens (primary N) is 1. The molecule has 0 bridgehead atoms. The van der Waals surface area contributed by atoms with Gasteiger partial charge in [0, 0.05) is 41.5 Å². The summed E-state index contributed by atoms with van der Waals surface area (Å²) in [6.45, 7) is 0.331. The van der Waals surface area contributed by atoms with Crippen molar-refractivity contribution in [2.75, 3.05) is 25.0 Å². The van der Waals surface area contributed by atoms with Crippen LogP contribution in [0.3, 0.4) is 0 Å². The van der Waals surface area contributed by atoms with Crippen LogP contribution in [0.15, 0.2) is 42.5 Å². The highest BCUT2D eigenvalue weighted by atomic mass is 35.5. The van der Waals surface area contributed by atoms with Crippen molar-refractivity contribution in [3.63, 3.8) is 0 Å². The molecule has 2 saturated heterocycles. The van der Waals surface area contributed by atoms with Gasteiger partial charge in [-0.15, -0.1) is 0 Å². The minimum atomic E-state index is -1.32. The Morgan fingerprint density at radius 2 is 1.78 bits per heavy atom. The third kappa shape index (κ3) is 3.83. The summed E-state index contributed by atoms with van der Waals surface area (Å²) in [6.07, 6.45) is 2.11. The van der Waals surface area contributed by atoms with E-state index in [4.69, 9.17) is 28.9 Å². The number of nitrogens with zero attached hydrogens (tertiary/aromatic N) is 4. The normalized spacial score (nSPS) is 27.9. The number of halogens is 2. The van der Waals surface area contributed by atoms with E-state index in [-0.39, 0.29) is 36.6 Å². The summed E-state index contributed by atoms with van der Waals surface area (Å²) in [5.74, 6) is -1.18. The average molecular weight is 526 g/mol. The Bertz CT molecular complexity index is 1270. The molecule has 3 aliphatic rings. The number of anilines is 1. The Hall–Kier alpha value is -3.12. The number of hydrogen-bond acceptors (Lipinski definition) is 5. The van der Waals surface area contributed by atoms with E-state index in [2.05, 4.69) is 6.07 Å². The molecule has 2 aliphatic heterocycles. The number of amides is 4. The maximum Gasteiger partial charge on any atom is 0.332 e. The largest absolute Gasteiger partial charge is 0.339 e. The number of carbonyl (C=O) groups excluding carboxylic acids is 3. The SMILES string of the molecule is CN1C(=O)N(c2cc(Cl)cc(Cl)c2)C(=O)[C@]12CN(C(=O)[C@@H]1CC[C@H](N)C1)C[C@H]2c1ccc(C#N)cc1. The second kappa shape index (κ2) is 9.07. The van der Waals surface area contributed by atoms with Gasteiger partial charge in [-0.1, -0.05) is 35.3 Å². The Morgan fingerprint density at radius 3 is 2.36 bits per heavy atom. The van der Waals surface area contributed by atoms with E-state index < -0.39 is 23.4 Å². The van der Waals surface area contributed by atoms with Gasteiger partial charge in [-0.2, -0.15) is 5.26 Å². The summed E-state index contributed by atoms with van der Waals surface area (Å²) in [4.78, 5) is 45.5. The van der Waals surface area contributed by atoms with Crippen molar-refractivity contribution in [1.82, 2.24) is 9.80 Å². The molecule has 2 aromatic rings. The van der Waals surface area contributed by atoms with Crippen molar-refractivity contribution >= 4 is 46.7 Å². The van der Waals surface area contributed by atoms with Crippen LogP contribution in [0.5, 0.6) is 0 Å². The highest BCUT2D eigenvalue weighted by Crippen LogP contribution is 2.47. The maximum atomic E-state index is 14.2. The van der Waals surface area contributed by atoms with Crippen LogP contribution in [0, 0.1) is 17.2 Å². The molecule has 0 aromatic heterocycles. The smallest absolute Gasteiger partial charge is 0.332 e. The molecule has 36 heavy (non-hydrogen) atoms. The predicted molar refractivity (Wildman–Crippen MR) is 136 cm³/mol. The first-order valence-electron chi connectivity index (χ1n) is 11.8. The number of benzene rings is 2. The van der Waals surface area contributed by atoms with Crippen LogP contribution in [-0.2, 0) is 9.59 Å². The molecule has 4 atom stereocenters. The topological polar surface area (TPSA) is 111 Å². The number of urea groups is 1. The summed E-state index contributed by atoms with van der Waals surface area (Å²) in [7, 11) is 1.59. The number of likely N-dealkylation sites (N-methyl/N-ethyl adjacent to an activating group) is 1. The number of hydrogen-bond donors (Lipinski definition) is 1. The van der Waals surface area contributed by atoms with Crippen LogP contribution in [0.4, 0.5) is 10.5 Å². The van der Waals surface area contributed by atoms with E-state index in [0.717, 1.165) is 16.9 Å². The van der Waals surface area contributed by atoms with Crippen LogP contribution >= 0.6 is 23.2 Å². The van der Waals surface area contributed by atoms with Crippen LogP contribution in [0.1, 0.15) is 36.3 Å². The molecule has 2 heterocycles. The second-order valence-electron chi connectivity index (χ2n) is 9.81. The zero-order chi connectivity index (χ0) is 25.8. The first kappa shape index (κ1) is 24.6. The van der Waals surface area contributed by atoms with E-state index in [1.807, 2.05) is 0 Å². The van der Waals surface area contributed by atoms with Crippen molar-refractivity contribution in [3.8, 4) is 6.07 Å². The molecule has 3 fully saturated rings. The quantitative estimate of drug-likeness (QED) is 0.613. The van der Waals surface area contributed by atoms with Crippen LogP contribution in [-0.4, -0.2) is 59.4 Å². The number of rotatable bonds is 3. The first-order valence-corrected chi connectivity index (χ1v) is 12.5. The van der Waals surface area contributed by atoms with Crippen molar-refractivity contribution < 1.29 is 14.4 Å². The summed E-state index contributed by atoms with van der Waals surface area (Å²) < 4.78 is 0. The van der Waals surface area contributed by atoms with Gasteiger partial charge in [0.15, 0.2) is 0 Å². The molecule has 8 nitrogen and oxygen atoms in total. The molecule has 4 amide bonds. The van der Waals surface area contributed by atoms with Crippen molar-refractivity contribution in [3.05, 3.63) is 63.6 Å². The molecule has 1 spiro atoms. The van der Waals surface area contributed by atoms with Gasteiger partial charge >= 0.3 is 6.03 Å². The van der Waals surface area contributed by atoms with Gasteiger partial charge in [-0.3, -0.25) is 9.59 Å². The highest BCUT2D eigenvalue weighted by molar-refractivity contribution is 6.35. The van der Waals surface area contributed by atoms with Crippen LogP contribution in [0.2, 0.25) is 10.0 Å². The third-order valence-corrected chi connectivity index (χ3v) is 8.18. The molecule has 0 radical (unpaired) electrons. The Balaban J connectivity index is 1.58. The number of likely N-dealkylation sites (tertiary alicyclic amines) is 1. The fourth-order valence-electron chi connectivity index (χ4n) is 5.87. The monoisotopic (exact) mass is 525 g/mol. The van der Waals surface area contributed by atoms with Crippen LogP contribution in [0.25, 0.3) is 0 Å². The molecule has 2 N–H and O–H groups in total. The van der Waals surface area contributed by atoms with Gasteiger partial charge in [-0.05, 0) is 55.2 Å². The van der Waals surface area contributed by atoms with Gasteiger partial charge in [-0.25, -0.2) is 9.69 Å². The second-order valence-corrected chi connectivity index (χ2v) is 10.7. The Labute approximate surface area is 219 Å². The lowest BCUT2D eigenvalue weighted by atomic mass is 9.80. The Morgan fingerprint density at radius 1 is 1.11 bits per heavy atom. The molecule has 186 valence electrons. The van der Waals surface area contributed by atoms with E-state index in [1.165, 1.54) is 23.1 Å². The fraction of sp³-hybridized carbons (Fsp3) is 0.385. The number of nitriles is 1. The zero-order valence-electron chi connectivity index (χ0n) is 19.7. The van der Waals surface area contributed by atoms with Gasteiger partial charge in [0.05, 0.1) is 23.9 Å². The van der Waals surface area contributed by atoms with E-state index in [0.29, 0.717) is 28.5 Å². The lowest BCUT2D eigenvalue weighted by Crippen LogP contribution is -2.54. The van der Waals surface area contributed by atoms with Gasteiger partial charge < -0.3 is 15.5 Å². The summed E-state index contributed by atoms with van der Waals surface area (Å²) >= 11 is 12.4. The molecule has 5 rings (SSSR count). The van der Waals surface area contributed by atoms with E-state index >= 15 is 0 Å². The number of imide groups is 1. The van der Waals surface area contributed by atoms with Crippen molar-refractivity contribution in [1.29, 1.82) is 5.26 Å². The molecular weight excluding hydrogens is 501 g/mol. The third-order valence-electron chi connectivity index (χ3n) is 7.74. The molecule has 2 aromatic carbocycles. The summed E-state index contributed by atoms with van der Waals surface area (Å²) in [6, 6.07) is 13.1. The van der Waals surface area contributed by atoms with Gasteiger partial charge in [0.25, 0.3) is 5.91 Å². The molecule has 1 saturated carbocycles. The standard InChI is InChI=1S/C26H25Cl2N5O3/c1-31-25(36)33(21-10-18(27)9-19(28)11-21)24(35)26(31)14-32(23(34)17-6-7-20(30)8-17)13-22(26)16-4-2-15(12-29)3-5-16/h2-5,9-11,17,20,22H,6-8,13-14,30H2,1H3/t17-,20+,22+,26-/m1/s1. The molecule has 10 heteroatoms. The van der Waals surface area contributed by atoms with Crippen molar-refractivity contribution in [2.24, 2.45) is 11.7 Å². The zero-order valence-corrected chi connectivity index (χ0v) is 21.2. The van der Waals surface area contributed by atoms with Gasteiger partial charge in [0.2, 0.25) is 5.91 Å². The molecule has 0 unspecified atom stereocenters. The lowest BCUT2D eigenvalue weighted by Gasteiger charge is -2.33. The predicted octanol–water partition coefficient (Wildman–Crippen LogP) is 3.76. The average Bonchev–Trinajstić information content (AvgIpc) is 3.51. The minimum absolute atomic E-state index is 0.00901. The van der Waals surface area contributed by atoms with Crippen molar-refractivity contribution in [2.45, 2.75) is 36.8 Å². The number of carbonyl (C=O) groups is 3. The maximum absolute atomic E-state index is 14.2. The minimum Gasteiger partial charge on any atom is -0.339 e. The lowest BCUT2D eigenvalue weighted by molar-refractivity contribution is -0.135.